The van der Waals surface area contributed by atoms with Gasteiger partial charge in [-0.15, -0.1) is 0 Å². The Morgan fingerprint density at radius 1 is 1.18 bits per heavy atom. The second-order valence-electron chi connectivity index (χ2n) is 7.21. The lowest BCUT2D eigenvalue weighted by Gasteiger charge is -2.11. The third-order valence-corrected chi connectivity index (χ3v) is 6.69. The molecule has 1 aromatic carbocycles. The van der Waals surface area contributed by atoms with Gasteiger partial charge in [0.2, 0.25) is 10.0 Å². The number of hydrogen-bond acceptors (Lipinski definition) is 5. The summed E-state index contributed by atoms with van der Waals surface area (Å²) < 4.78 is 55.3. The minimum Gasteiger partial charge on any atom is -0.345 e. The van der Waals surface area contributed by atoms with Crippen molar-refractivity contribution < 1.29 is 22.0 Å². The lowest BCUT2D eigenvalue weighted by atomic mass is 10.0. The van der Waals surface area contributed by atoms with Crippen LogP contribution >= 0.6 is 11.6 Å². The average Bonchev–Trinajstić information content (AvgIpc) is 3.20. The zero-order chi connectivity index (χ0) is 23.8. The third kappa shape index (κ3) is 4.44. The second kappa shape index (κ2) is 8.87. The van der Waals surface area contributed by atoms with Gasteiger partial charge in [-0.3, -0.25) is 14.5 Å². The van der Waals surface area contributed by atoms with Gasteiger partial charge >= 0.3 is 0 Å². The van der Waals surface area contributed by atoms with E-state index in [9.17, 15) is 17.6 Å². The van der Waals surface area contributed by atoms with E-state index in [4.69, 9.17) is 11.6 Å². The molecule has 0 amide bonds. The largest absolute Gasteiger partial charge is 0.345 e. The molecule has 170 valence electrons. The van der Waals surface area contributed by atoms with Crippen molar-refractivity contribution in [1.29, 1.82) is 0 Å². The maximum Gasteiger partial charge on any atom is 0.232 e. The maximum absolute atomic E-state index is 15.1. The lowest BCUT2D eigenvalue weighted by molar-refractivity contribution is 0.103. The molecule has 0 saturated carbocycles. The molecular weight excluding hydrogens is 474 g/mol. The summed E-state index contributed by atoms with van der Waals surface area (Å²) in [6.07, 6.45) is 6.21. The van der Waals surface area contributed by atoms with E-state index < -0.39 is 38.7 Å². The van der Waals surface area contributed by atoms with E-state index in [0.717, 1.165) is 12.1 Å². The molecule has 4 rings (SSSR count). The van der Waals surface area contributed by atoms with E-state index in [1.807, 2.05) is 4.72 Å². The van der Waals surface area contributed by atoms with Crippen molar-refractivity contribution in [3.63, 3.8) is 0 Å². The van der Waals surface area contributed by atoms with Gasteiger partial charge in [0, 0.05) is 46.9 Å². The quantitative estimate of drug-likeness (QED) is 0.357. The van der Waals surface area contributed by atoms with E-state index in [2.05, 4.69) is 15.0 Å². The number of aromatic nitrogens is 3. The van der Waals surface area contributed by atoms with Gasteiger partial charge in [0.25, 0.3) is 0 Å². The minimum atomic E-state index is -3.98. The minimum absolute atomic E-state index is 0.0809. The number of nitrogens with one attached hydrogen (secondary N) is 2. The number of carbonyl (C=O) groups excluding carboxylic acids is 1. The Bertz CT molecular complexity index is 1490. The van der Waals surface area contributed by atoms with Gasteiger partial charge in [-0.1, -0.05) is 18.5 Å². The van der Waals surface area contributed by atoms with Gasteiger partial charge < -0.3 is 4.98 Å². The first kappa shape index (κ1) is 22.8. The van der Waals surface area contributed by atoms with E-state index in [1.54, 1.807) is 31.5 Å². The molecule has 11 heteroatoms. The number of carbonyl (C=O) groups is 1. The van der Waals surface area contributed by atoms with Crippen LogP contribution in [0, 0.1) is 11.6 Å². The van der Waals surface area contributed by atoms with Gasteiger partial charge in [0.1, 0.15) is 17.2 Å². The number of H-pyrrole nitrogens is 1. The summed E-state index contributed by atoms with van der Waals surface area (Å²) >= 11 is 6.20. The molecule has 3 heterocycles. The Labute approximate surface area is 192 Å². The first-order valence-electron chi connectivity index (χ1n) is 9.82. The Morgan fingerprint density at radius 3 is 2.70 bits per heavy atom. The summed E-state index contributed by atoms with van der Waals surface area (Å²) in [5.74, 6) is -3.51. The number of aromatic amines is 1. The molecule has 0 saturated heterocycles. The fraction of sp³-hybridized carbons (Fsp3) is 0.136. The SMILES string of the molecule is CCCS(=O)(=O)Nc1c(F)ccc(C(=O)c2c[nH]c3ncc(-c4ccncc4Cl)cc23)c1F. The molecule has 33 heavy (non-hydrogen) atoms. The monoisotopic (exact) mass is 490 g/mol. The number of halogens is 3. The van der Waals surface area contributed by atoms with Crippen LogP contribution in [0.15, 0.2) is 49.1 Å². The van der Waals surface area contributed by atoms with E-state index >= 15 is 4.39 Å². The highest BCUT2D eigenvalue weighted by Crippen LogP contribution is 2.31. The molecule has 3 aromatic heterocycles. The highest BCUT2D eigenvalue weighted by Gasteiger charge is 2.25. The van der Waals surface area contributed by atoms with Gasteiger partial charge in [0.05, 0.1) is 16.3 Å². The summed E-state index contributed by atoms with van der Waals surface area (Å²) in [6.45, 7) is 1.62. The molecule has 0 fully saturated rings. The van der Waals surface area contributed by atoms with Crippen LogP contribution in [-0.4, -0.2) is 34.9 Å². The first-order chi connectivity index (χ1) is 15.7. The summed E-state index contributed by atoms with van der Waals surface area (Å²) in [5.41, 5.74) is 0.323. The van der Waals surface area contributed by atoms with E-state index in [-0.39, 0.29) is 17.7 Å². The van der Waals surface area contributed by atoms with Crippen LogP contribution in [0.5, 0.6) is 0 Å². The molecule has 0 aliphatic heterocycles. The summed E-state index contributed by atoms with van der Waals surface area (Å²) in [7, 11) is -3.98. The number of fused-ring (bicyclic) bond motifs is 1. The van der Waals surface area contributed by atoms with Gasteiger partial charge in [0.15, 0.2) is 11.6 Å². The second-order valence-corrected chi connectivity index (χ2v) is 9.46. The number of hydrogen-bond donors (Lipinski definition) is 2. The fourth-order valence-corrected chi connectivity index (χ4v) is 4.76. The van der Waals surface area contributed by atoms with Crippen LogP contribution in [0.25, 0.3) is 22.2 Å². The highest BCUT2D eigenvalue weighted by atomic mass is 35.5. The van der Waals surface area contributed by atoms with Crippen molar-refractivity contribution in [2.24, 2.45) is 0 Å². The molecule has 0 bridgehead atoms. The predicted molar refractivity (Wildman–Crippen MR) is 122 cm³/mol. The summed E-state index contributed by atoms with van der Waals surface area (Å²) in [5, 5.41) is 0.776. The number of rotatable bonds is 7. The standard InChI is InChI=1S/C22H17ClF2N4O3S/c1-2-7-33(31,32)29-20-18(24)4-3-14(19(20)25)21(30)16-10-28-22-15(16)8-12(9-27-22)13-5-6-26-11-17(13)23/h3-6,8-11,29H,2,7H2,1H3,(H,27,28). The molecule has 2 N–H and O–H groups in total. The predicted octanol–water partition coefficient (Wildman–Crippen LogP) is 4.94. The number of benzene rings is 1. The lowest BCUT2D eigenvalue weighted by Crippen LogP contribution is -2.19. The molecule has 7 nitrogen and oxygen atoms in total. The number of nitrogens with zero attached hydrogens (tertiary/aromatic N) is 2. The van der Waals surface area contributed by atoms with Crippen LogP contribution in [0.2, 0.25) is 5.02 Å². The molecule has 0 aliphatic rings. The van der Waals surface area contributed by atoms with E-state index in [1.165, 1.54) is 12.4 Å². The molecule has 4 aromatic rings. The number of anilines is 1. The molecule has 0 unspecified atom stereocenters. The Morgan fingerprint density at radius 2 is 1.97 bits per heavy atom. The molecule has 0 aliphatic carbocycles. The van der Waals surface area contributed by atoms with Crippen LogP contribution in [0.4, 0.5) is 14.5 Å². The van der Waals surface area contributed by atoms with Crippen molar-refractivity contribution >= 4 is 44.1 Å². The van der Waals surface area contributed by atoms with Gasteiger partial charge in [-0.05, 0) is 30.7 Å². The van der Waals surface area contributed by atoms with Gasteiger partial charge in [-0.25, -0.2) is 22.2 Å². The fourth-order valence-electron chi connectivity index (χ4n) is 3.39. The maximum atomic E-state index is 15.1. The van der Waals surface area contributed by atoms with Crippen molar-refractivity contribution in [2.75, 3.05) is 10.5 Å². The topological polar surface area (TPSA) is 105 Å². The van der Waals surface area contributed by atoms with Crippen molar-refractivity contribution in [3.05, 3.63) is 76.8 Å². The Hall–Kier alpha value is -3.37. The first-order valence-corrected chi connectivity index (χ1v) is 11.8. The number of ketones is 1. The summed E-state index contributed by atoms with van der Waals surface area (Å²) in [6, 6.07) is 5.17. The molecule has 0 spiro atoms. The zero-order valence-electron chi connectivity index (χ0n) is 17.2. The van der Waals surface area contributed by atoms with Crippen LogP contribution in [0.1, 0.15) is 29.3 Å². The smallest absolute Gasteiger partial charge is 0.232 e. The third-order valence-electron chi connectivity index (χ3n) is 4.93. The molecule has 0 atom stereocenters. The Kier molecular flexibility index (Phi) is 6.13. The van der Waals surface area contributed by atoms with Crippen molar-refractivity contribution in [2.45, 2.75) is 13.3 Å². The van der Waals surface area contributed by atoms with Crippen molar-refractivity contribution in [3.8, 4) is 11.1 Å². The van der Waals surface area contributed by atoms with Crippen molar-refractivity contribution in [1.82, 2.24) is 15.0 Å². The normalized spacial score (nSPS) is 11.6. The molecule has 0 radical (unpaired) electrons. The highest BCUT2D eigenvalue weighted by molar-refractivity contribution is 7.92. The summed E-state index contributed by atoms with van der Waals surface area (Å²) in [4.78, 5) is 24.3. The van der Waals surface area contributed by atoms with E-state index in [0.29, 0.717) is 27.2 Å². The van der Waals surface area contributed by atoms with Gasteiger partial charge in [-0.2, -0.15) is 0 Å². The zero-order valence-corrected chi connectivity index (χ0v) is 18.8. The molecular formula is C22H17ClF2N4O3S. The van der Waals surface area contributed by atoms with Crippen LogP contribution in [-0.2, 0) is 10.0 Å². The average molecular weight is 491 g/mol. The van der Waals surface area contributed by atoms with Crippen LogP contribution < -0.4 is 4.72 Å². The number of sulfonamides is 1. The number of pyridine rings is 2. The Balaban J connectivity index is 1.79. The van der Waals surface area contributed by atoms with Crippen LogP contribution in [0.3, 0.4) is 0 Å².